The number of H-pyrrole nitrogens is 1. The van der Waals surface area contributed by atoms with E-state index in [4.69, 9.17) is 0 Å². The summed E-state index contributed by atoms with van der Waals surface area (Å²) in [6.07, 6.45) is 2.58. The van der Waals surface area contributed by atoms with Crippen LogP contribution in [0, 0.1) is 0 Å². The zero-order valence-corrected chi connectivity index (χ0v) is 5.83. The molecule has 0 atom stereocenters. The third-order valence-electron chi connectivity index (χ3n) is 1.11. The Hall–Kier alpha value is -1.65. The van der Waals surface area contributed by atoms with E-state index >= 15 is 0 Å². The van der Waals surface area contributed by atoms with E-state index in [0.29, 0.717) is 0 Å². The Balaban J connectivity index is 2.79. The van der Waals surface area contributed by atoms with E-state index in [1.807, 2.05) is 0 Å². The number of ketones is 1. The summed E-state index contributed by atoms with van der Waals surface area (Å²) in [5.41, 5.74) is 0.136. The van der Waals surface area contributed by atoms with Crippen molar-refractivity contribution in [2.24, 2.45) is 0 Å². The van der Waals surface area contributed by atoms with E-state index in [1.54, 1.807) is 0 Å². The Labute approximate surface area is 62.4 Å². The van der Waals surface area contributed by atoms with Crippen molar-refractivity contribution in [1.82, 2.24) is 9.97 Å². The molecule has 1 aromatic rings. The molecule has 1 heterocycles. The maximum Gasteiger partial charge on any atom is 0.381 e. The van der Waals surface area contributed by atoms with Gasteiger partial charge in [0.15, 0.2) is 0 Å². The van der Waals surface area contributed by atoms with Crippen LogP contribution in [0.25, 0.3) is 0 Å². The standard InChI is InChI=1S/C6H6N2O3/c1-11-6(10)5(9)4-2-7-3-8-4/h2-3H,1H3,(H,7,8). The first-order chi connectivity index (χ1) is 5.25. The van der Waals surface area contributed by atoms with Gasteiger partial charge in [-0.3, -0.25) is 4.79 Å². The van der Waals surface area contributed by atoms with Crippen LogP contribution in [0.1, 0.15) is 10.5 Å². The number of hydrogen-bond donors (Lipinski definition) is 1. The third kappa shape index (κ3) is 1.43. The summed E-state index contributed by atoms with van der Waals surface area (Å²) >= 11 is 0. The SMILES string of the molecule is COC(=O)C(=O)c1cnc[nH]1. The van der Waals surface area contributed by atoms with E-state index in [2.05, 4.69) is 14.7 Å². The molecule has 0 amide bonds. The molecule has 1 rings (SSSR count). The molecule has 0 fully saturated rings. The lowest BCUT2D eigenvalue weighted by atomic mass is 10.3. The van der Waals surface area contributed by atoms with Gasteiger partial charge in [0, 0.05) is 0 Å². The highest BCUT2D eigenvalue weighted by Crippen LogP contribution is 1.93. The number of Topliss-reactive ketones (excluding diaryl/α,β-unsaturated/α-hetero) is 1. The summed E-state index contributed by atoms with van der Waals surface area (Å²) in [7, 11) is 1.15. The minimum absolute atomic E-state index is 0.136. The van der Waals surface area contributed by atoms with Crippen molar-refractivity contribution in [3.63, 3.8) is 0 Å². The molecular formula is C6H6N2O3. The number of rotatable bonds is 2. The molecule has 1 aromatic heterocycles. The first kappa shape index (κ1) is 7.46. The van der Waals surface area contributed by atoms with E-state index < -0.39 is 11.8 Å². The summed E-state index contributed by atoms with van der Waals surface area (Å²) in [6, 6.07) is 0. The molecule has 5 nitrogen and oxygen atoms in total. The summed E-state index contributed by atoms with van der Waals surface area (Å²) in [5.74, 6) is -1.61. The van der Waals surface area contributed by atoms with E-state index in [1.165, 1.54) is 12.5 Å². The molecule has 0 aliphatic heterocycles. The monoisotopic (exact) mass is 154 g/mol. The van der Waals surface area contributed by atoms with Crippen LogP contribution in [-0.2, 0) is 9.53 Å². The molecule has 0 aliphatic rings. The van der Waals surface area contributed by atoms with Gasteiger partial charge in [-0.05, 0) is 0 Å². The Bertz CT molecular complexity index is 265. The second kappa shape index (κ2) is 2.96. The van der Waals surface area contributed by atoms with Crippen LogP contribution in [-0.4, -0.2) is 28.8 Å². The number of methoxy groups -OCH3 is 1. The molecule has 0 saturated carbocycles. The summed E-state index contributed by atoms with van der Waals surface area (Å²) in [6.45, 7) is 0. The van der Waals surface area contributed by atoms with Gasteiger partial charge in [-0.25, -0.2) is 9.78 Å². The Morgan fingerprint density at radius 2 is 2.36 bits per heavy atom. The van der Waals surface area contributed by atoms with Crippen LogP contribution < -0.4 is 0 Å². The third-order valence-corrected chi connectivity index (χ3v) is 1.11. The number of imidazole rings is 1. The normalized spacial score (nSPS) is 9.18. The van der Waals surface area contributed by atoms with Gasteiger partial charge in [0.05, 0.1) is 19.6 Å². The van der Waals surface area contributed by atoms with Crippen molar-refractivity contribution in [2.75, 3.05) is 7.11 Å². The fourth-order valence-corrected chi connectivity index (χ4v) is 0.583. The molecule has 0 radical (unpaired) electrons. The van der Waals surface area contributed by atoms with Crippen LogP contribution >= 0.6 is 0 Å². The van der Waals surface area contributed by atoms with Crippen LogP contribution in [0.15, 0.2) is 12.5 Å². The summed E-state index contributed by atoms with van der Waals surface area (Å²) in [5, 5.41) is 0. The van der Waals surface area contributed by atoms with Gasteiger partial charge in [-0.1, -0.05) is 0 Å². The van der Waals surface area contributed by atoms with Crippen LogP contribution in [0.2, 0.25) is 0 Å². The number of nitrogens with one attached hydrogen (secondary N) is 1. The molecule has 5 heteroatoms. The van der Waals surface area contributed by atoms with Gasteiger partial charge in [0.2, 0.25) is 0 Å². The Morgan fingerprint density at radius 1 is 1.64 bits per heavy atom. The molecule has 0 spiro atoms. The number of aromatic amines is 1. The first-order valence-corrected chi connectivity index (χ1v) is 2.86. The number of carbonyl (C=O) groups excluding carboxylic acids is 2. The molecule has 11 heavy (non-hydrogen) atoms. The largest absolute Gasteiger partial charge is 0.463 e. The molecular weight excluding hydrogens is 148 g/mol. The van der Waals surface area contributed by atoms with Gasteiger partial charge in [-0.2, -0.15) is 0 Å². The van der Waals surface area contributed by atoms with Crippen LogP contribution in [0.4, 0.5) is 0 Å². The average Bonchev–Trinajstić information content (AvgIpc) is 2.53. The number of nitrogens with zero attached hydrogens (tertiary/aromatic N) is 1. The fraction of sp³-hybridized carbons (Fsp3) is 0.167. The highest BCUT2D eigenvalue weighted by atomic mass is 16.5. The van der Waals surface area contributed by atoms with E-state index in [0.717, 1.165) is 7.11 Å². The highest BCUT2D eigenvalue weighted by molar-refractivity contribution is 6.39. The minimum atomic E-state index is -0.894. The van der Waals surface area contributed by atoms with Gasteiger partial charge < -0.3 is 9.72 Å². The smallest absolute Gasteiger partial charge is 0.381 e. The molecule has 58 valence electrons. The second-order valence-corrected chi connectivity index (χ2v) is 1.79. The van der Waals surface area contributed by atoms with Crippen LogP contribution in [0.3, 0.4) is 0 Å². The lowest BCUT2D eigenvalue weighted by molar-refractivity contribution is -0.135. The Morgan fingerprint density at radius 3 is 2.82 bits per heavy atom. The fourth-order valence-electron chi connectivity index (χ4n) is 0.583. The quantitative estimate of drug-likeness (QED) is 0.362. The number of esters is 1. The maximum atomic E-state index is 10.9. The second-order valence-electron chi connectivity index (χ2n) is 1.79. The maximum absolute atomic E-state index is 10.9. The van der Waals surface area contributed by atoms with Crippen molar-refractivity contribution < 1.29 is 14.3 Å². The van der Waals surface area contributed by atoms with Crippen molar-refractivity contribution in [3.8, 4) is 0 Å². The summed E-state index contributed by atoms with van der Waals surface area (Å²) < 4.78 is 4.20. The number of hydrogen-bond acceptors (Lipinski definition) is 4. The lowest BCUT2D eigenvalue weighted by Gasteiger charge is -1.92. The van der Waals surface area contributed by atoms with Crippen molar-refractivity contribution in [2.45, 2.75) is 0 Å². The van der Waals surface area contributed by atoms with Crippen LogP contribution in [0.5, 0.6) is 0 Å². The molecule has 0 bridgehead atoms. The minimum Gasteiger partial charge on any atom is -0.463 e. The lowest BCUT2D eigenvalue weighted by Crippen LogP contribution is -2.15. The zero-order valence-electron chi connectivity index (χ0n) is 5.83. The predicted molar refractivity (Wildman–Crippen MR) is 34.9 cm³/mol. The number of aromatic nitrogens is 2. The van der Waals surface area contributed by atoms with E-state index in [-0.39, 0.29) is 5.69 Å². The van der Waals surface area contributed by atoms with Crippen molar-refractivity contribution >= 4 is 11.8 Å². The molecule has 1 N–H and O–H groups in total. The molecule has 0 aliphatic carbocycles. The zero-order chi connectivity index (χ0) is 8.27. The molecule has 0 aromatic carbocycles. The van der Waals surface area contributed by atoms with Gasteiger partial charge in [-0.15, -0.1) is 0 Å². The van der Waals surface area contributed by atoms with Gasteiger partial charge in [0.1, 0.15) is 5.69 Å². The Kier molecular flexibility index (Phi) is 2.00. The predicted octanol–water partition coefficient (Wildman–Crippen LogP) is -0.235. The first-order valence-electron chi connectivity index (χ1n) is 2.86. The van der Waals surface area contributed by atoms with Gasteiger partial charge >= 0.3 is 5.97 Å². The topological polar surface area (TPSA) is 72.1 Å². The molecule has 0 unspecified atom stereocenters. The van der Waals surface area contributed by atoms with Gasteiger partial charge in [0.25, 0.3) is 5.78 Å². The number of ether oxygens (including phenoxy) is 1. The number of carbonyl (C=O) groups is 2. The van der Waals surface area contributed by atoms with Crippen molar-refractivity contribution in [3.05, 3.63) is 18.2 Å². The average molecular weight is 154 g/mol. The molecule has 0 saturated heterocycles. The summed E-state index contributed by atoms with van der Waals surface area (Å²) in [4.78, 5) is 27.5. The van der Waals surface area contributed by atoms with Crippen molar-refractivity contribution in [1.29, 1.82) is 0 Å². The van der Waals surface area contributed by atoms with E-state index in [9.17, 15) is 9.59 Å². The highest BCUT2D eigenvalue weighted by Gasteiger charge is 2.16.